The van der Waals surface area contributed by atoms with Crippen LogP contribution in [-0.4, -0.2) is 48.5 Å². The van der Waals surface area contributed by atoms with Crippen LogP contribution in [0.15, 0.2) is 0 Å². The predicted molar refractivity (Wildman–Crippen MR) is 43.0 cm³/mol. The van der Waals surface area contributed by atoms with Gasteiger partial charge in [-0.2, -0.15) is 0 Å². The number of hydrogen-bond acceptors (Lipinski definition) is 3. The summed E-state index contributed by atoms with van der Waals surface area (Å²) in [5.41, 5.74) is -2.17. The zero-order valence-electron chi connectivity index (χ0n) is 6.70. The third kappa shape index (κ3) is 1.12. The highest BCUT2D eigenvalue weighted by Crippen LogP contribution is 2.32. The van der Waals surface area contributed by atoms with Crippen LogP contribution in [0.25, 0.3) is 0 Å². The Bertz CT molecular complexity index is 217. The van der Waals surface area contributed by atoms with Gasteiger partial charge in [-0.05, 0) is 0 Å². The lowest BCUT2D eigenvalue weighted by molar-refractivity contribution is -0.00797. The van der Waals surface area contributed by atoms with Gasteiger partial charge in [-0.3, -0.25) is 0 Å². The maximum Gasteiger partial charge on any atom is 0.216 e. The minimum absolute atomic E-state index is 0.432. The van der Waals surface area contributed by atoms with Gasteiger partial charge in [0.25, 0.3) is 0 Å². The molecule has 0 aromatic rings. The van der Waals surface area contributed by atoms with E-state index in [2.05, 4.69) is 0 Å². The third-order valence-electron chi connectivity index (χ3n) is 2.15. The Morgan fingerprint density at radius 3 is 2.58 bits per heavy atom. The van der Waals surface area contributed by atoms with Crippen molar-refractivity contribution in [3.63, 3.8) is 0 Å². The van der Waals surface area contributed by atoms with Crippen LogP contribution in [0.4, 0.5) is 4.39 Å². The van der Waals surface area contributed by atoms with Crippen LogP contribution in [-0.2, 0) is 4.74 Å². The topological polar surface area (TPSA) is 49.7 Å². The summed E-state index contributed by atoms with van der Waals surface area (Å²) in [6.07, 6.45) is 2.56. The molecule has 0 spiro atoms. The van der Waals surface area contributed by atoms with Crippen molar-refractivity contribution in [1.82, 2.24) is 0 Å². The molecule has 0 amide bonds. The second-order valence-corrected chi connectivity index (χ2v) is 2.86. The lowest BCUT2D eigenvalue weighted by Gasteiger charge is -2.19. The fourth-order valence-electron chi connectivity index (χ4n) is 1.29. The van der Waals surface area contributed by atoms with Crippen molar-refractivity contribution in [2.45, 2.75) is 23.9 Å². The molecule has 2 N–H and O–H groups in total. The SMILES string of the molecule is B[C@@H]1O[C@H](CO)C(O)[C@]1(F)C#C. The maximum atomic E-state index is 13.5. The number of halogens is 1. The lowest BCUT2D eigenvalue weighted by atomic mass is 9.82. The predicted octanol–water partition coefficient (Wildman–Crippen LogP) is -1.96. The quantitative estimate of drug-likeness (QED) is 0.356. The standard InChI is InChI=1S/C7H10BFO3/c1-2-7(9)5(11)4(3-10)12-6(7)8/h1,4-6,10-11H,3,8H2/t4-,5?,6-,7-/m1/s1. The molecule has 1 aliphatic rings. The second kappa shape index (κ2) is 3.06. The van der Waals surface area contributed by atoms with Gasteiger partial charge in [0.2, 0.25) is 5.67 Å². The van der Waals surface area contributed by atoms with Crippen LogP contribution in [0, 0.1) is 12.3 Å². The number of aliphatic hydroxyl groups excluding tert-OH is 2. The fraction of sp³-hybridized carbons (Fsp3) is 0.714. The second-order valence-electron chi connectivity index (χ2n) is 2.86. The first-order chi connectivity index (χ1) is 5.56. The van der Waals surface area contributed by atoms with E-state index in [1.54, 1.807) is 0 Å². The van der Waals surface area contributed by atoms with Gasteiger partial charge in [-0.1, -0.05) is 5.92 Å². The van der Waals surface area contributed by atoms with Crippen LogP contribution < -0.4 is 0 Å². The van der Waals surface area contributed by atoms with E-state index in [4.69, 9.17) is 16.3 Å². The zero-order chi connectivity index (χ0) is 9.35. The van der Waals surface area contributed by atoms with Crippen LogP contribution in [0.2, 0.25) is 0 Å². The number of rotatable bonds is 1. The largest absolute Gasteiger partial charge is 0.394 e. The molecule has 3 nitrogen and oxygen atoms in total. The number of hydrogen-bond donors (Lipinski definition) is 2. The maximum absolute atomic E-state index is 13.5. The Balaban J connectivity index is 2.85. The van der Waals surface area contributed by atoms with Gasteiger partial charge >= 0.3 is 0 Å². The van der Waals surface area contributed by atoms with Crippen molar-refractivity contribution in [3.8, 4) is 12.3 Å². The average molecular weight is 172 g/mol. The zero-order valence-corrected chi connectivity index (χ0v) is 6.70. The highest BCUT2D eigenvalue weighted by atomic mass is 19.1. The fourth-order valence-corrected chi connectivity index (χ4v) is 1.29. The Labute approximate surface area is 70.9 Å². The van der Waals surface area contributed by atoms with Crippen LogP contribution in [0.1, 0.15) is 0 Å². The average Bonchev–Trinajstić information content (AvgIpc) is 2.30. The first kappa shape index (κ1) is 9.52. The molecule has 1 rings (SSSR count). The molecular formula is C7H10BFO3. The first-order valence-electron chi connectivity index (χ1n) is 3.67. The molecule has 5 heteroatoms. The molecule has 0 aromatic heterocycles. The van der Waals surface area contributed by atoms with E-state index in [1.807, 2.05) is 5.92 Å². The van der Waals surface area contributed by atoms with Crippen LogP contribution in [0.5, 0.6) is 0 Å². The van der Waals surface area contributed by atoms with Gasteiger partial charge in [0.1, 0.15) is 20.1 Å². The van der Waals surface area contributed by atoms with Crippen LogP contribution in [0.3, 0.4) is 0 Å². The number of ether oxygens (including phenoxy) is 1. The molecular weight excluding hydrogens is 162 g/mol. The molecule has 0 radical (unpaired) electrons. The van der Waals surface area contributed by atoms with Gasteiger partial charge in [-0.25, -0.2) is 4.39 Å². The van der Waals surface area contributed by atoms with Gasteiger partial charge in [0.05, 0.1) is 12.6 Å². The highest BCUT2D eigenvalue weighted by Gasteiger charge is 2.53. The summed E-state index contributed by atoms with van der Waals surface area (Å²) in [6.45, 7) is -0.432. The summed E-state index contributed by atoms with van der Waals surface area (Å²) in [6, 6.07) is -0.880. The summed E-state index contributed by atoms with van der Waals surface area (Å²) in [5.74, 6) is 1.85. The number of terminal acetylenes is 1. The first-order valence-corrected chi connectivity index (χ1v) is 3.67. The van der Waals surface area contributed by atoms with Gasteiger partial charge in [0, 0.05) is 0 Å². The molecule has 0 aliphatic carbocycles. The molecule has 12 heavy (non-hydrogen) atoms. The van der Waals surface area contributed by atoms with Gasteiger partial charge in [0.15, 0.2) is 0 Å². The van der Waals surface area contributed by atoms with Crippen molar-refractivity contribution >= 4 is 7.85 Å². The highest BCUT2D eigenvalue weighted by molar-refractivity contribution is 6.12. The van der Waals surface area contributed by atoms with Crippen molar-refractivity contribution in [1.29, 1.82) is 0 Å². The Morgan fingerprint density at radius 2 is 2.33 bits per heavy atom. The van der Waals surface area contributed by atoms with Gasteiger partial charge in [-0.15, -0.1) is 6.42 Å². The van der Waals surface area contributed by atoms with Gasteiger partial charge < -0.3 is 14.9 Å². The van der Waals surface area contributed by atoms with E-state index in [0.29, 0.717) is 0 Å². The van der Waals surface area contributed by atoms with E-state index >= 15 is 0 Å². The molecule has 1 saturated heterocycles. The summed E-state index contributed by atoms with van der Waals surface area (Å²) in [7, 11) is 1.43. The van der Waals surface area contributed by atoms with E-state index in [1.165, 1.54) is 7.85 Å². The van der Waals surface area contributed by atoms with E-state index < -0.39 is 30.5 Å². The van der Waals surface area contributed by atoms with Crippen molar-refractivity contribution < 1.29 is 19.3 Å². The van der Waals surface area contributed by atoms with E-state index in [9.17, 15) is 9.50 Å². The summed E-state index contributed by atoms with van der Waals surface area (Å²) >= 11 is 0. The molecule has 0 saturated carbocycles. The van der Waals surface area contributed by atoms with Crippen LogP contribution >= 0.6 is 0 Å². The Kier molecular flexibility index (Phi) is 2.42. The minimum atomic E-state index is -2.17. The lowest BCUT2D eigenvalue weighted by Crippen LogP contribution is -2.43. The van der Waals surface area contributed by atoms with Crippen molar-refractivity contribution in [2.24, 2.45) is 0 Å². The molecule has 1 heterocycles. The molecule has 1 aliphatic heterocycles. The normalized spacial score (nSPS) is 47.3. The number of aliphatic hydroxyl groups is 2. The van der Waals surface area contributed by atoms with Crippen molar-refractivity contribution in [2.75, 3.05) is 6.61 Å². The Morgan fingerprint density at radius 1 is 1.75 bits per heavy atom. The minimum Gasteiger partial charge on any atom is -0.394 e. The molecule has 1 unspecified atom stereocenters. The van der Waals surface area contributed by atoms with E-state index in [0.717, 1.165) is 0 Å². The molecule has 0 aromatic carbocycles. The monoisotopic (exact) mass is 172 g/mol. The smallest absolute Gasteiger partial charge is 0.216 e. The van der Waals surface area contributed by atoms with Crippen molar-refractivity contribution in [3.05, 3.63) is 0 Å². The Hall–Kier alpha value is -0.565. The molecule has 4 atom stereocenters. The molecule has 0 bridgehead atoms. The molecule has 1 fully saturated rings. The third-order valence-corrected chi connectivity index (χ3v) is 2.15. The van der Waals surface area contributed by atoms with E-state index in [-0.39, 0.29) is 0 Å². The summed E-state index contributed by atoms with van der Waals surface area (Å²) < 4.78 is 18.5. The summed E-state index contributed by atoms with van der Waals surface area (Å²) in [4.78, 5) is 0. The molecule has 66 valence electrons. The number of alkyl halides is 1. The summed E-state index contributed by atoms with van der Waals surface area (Å²) in [5, 5.41) is 17.9.